The molecule has 24 heavy (non-hydrogen) atoms. The van der Waals surface area contributed by atoms with Gasteiger partial charge in [-0.1, -0.05) is 43.3 Å². The molecule has 2 N–H and O–H groups in total. The Bertz CT molecular complexity index is 918. The highest BCUT2D eigenvalue weighted by molar-refractivity contribution is 5.88. The lowest BCUT2D eigenvalue weighted by molar-refractivity contribution is -0.131. The van der Waals surface area contributed by atoms with E-state index in [9.17, 15) is 4.79 Å². The number of allylic oxidation sites excluding steroid dienone is 1. The molecule has 4 heteroatoms. The molecule has 2 aromatic carbocycles. The van der Waals surface area contributed by atoms with E-state index in [4.69, 9.17) is 5.11 Å². The van der Waals surface area contributed by atoms with Crippen molar-refractivity contribution in [3.8, 4) is 0 Å². The van der Waals surface area contributed by atoms with Gasteiger partial charge in [0, 0.05) is 11.5 Å². The number of nitrogens with zero attached hydrogens (tertiary/aromatic N) is 1. The molecular weight excluding hydrogens is 300 g/mol. The van der Waals surface area contributed by atoms with E-state index in [1.807, 2.05) is 36.5 Å². The predicted molar refractivity (Wildman–Crippen MR) is 96.6 cm³/mol. The third-order valence-corrected chi connectivity index (χ3v) is 3.80. The Morgan fingerprint density at radius 3 is 2.62 bits per heavy atom. The number of rotatable bonds is 5. The summed E-state index contributed by atoms with van der Waals surface area (Å²) in [6.07, 6.45) is 7.68. The van der Waals surface area contributed by atoms with Crippen LogP contribution in [-0.2, 0) is 4.79 Å². The minimum Gasteiger partial charge on any atom is -0.478 e. The molecular formula is C20H18N2O2. The monoisotopic (exact) mass is 318 g/mol. The van der Waals surface area contributed by atoms with E-state index in [-0.39, 0.29) is 0 Å². The Hall–Kier alpha value is -3.14. The number of aromatic nitrogens is 2. The normalized spacial score (nSPS) is 12.1. The van der Waals surface area contributed by atoms with Crippen LogP contribution in [0.4, 0.5) is 0 Å². The van der Waals surface area contributed by atoms with E-state index >= 15 is 0 Å². The standard InChI is InChI=1S/C20H18N2O2/c1-2-3-18(16-9-10-19-17(12-16)13-21-22-19)15-7-4-14(5-8-15)6-11-20(23)24/h3-13H,2H2,1H3,(H,21,22)(H,23,24)/b11-6+,18-3+. The lowest BCUT2D eigenvalue weighted by Gasteiger charge is -2.09. The highest BCUT2D eigenvalue weighted by Crippen LogP contribution is 2.27. The molecule has 1 heterocycles. The maximum absolute atomic E-state index is 10.6. The molecule has 0 aliphatic heterocycles. The van der Waals surface area contributed by atoms with Gasteiger partial charge in [0.05, 0.1) is 11.7 Å². The fraction of sp³-hybridized carbons (Fsp3) is 0.100. The summed E-state index contributed by atoms with van der Waals surface area (Å²) < 4.78 is 0. The molecule has 0 unspecified atom stereocenters. The van der Waals surface area contributed by atoms with E-state index in [1.165, 1.54) is 0 Å². The minimum absolute atomic E-state index is 0.863. The second-order valence-corrected chi connectivity index (χ2v) is 5.49. The lowest BCUT2D eigenvalue weighted by atomic mass is 9.95. The Balaban J connectivity index is 1.96. The lowest BCUT2D eigenvalue weighted by Crippen LogP contribution is -1.89. The second-order valence-electron chi connectivity index (χ2n) is 5.49. The van der Waals surface area contributed by atoms with E-state index < -0.39 is 5.97 Å². The van der Waals surface area contributed by atoms with Gasteiger partial charge >= 0.3 is 5.97 Å². The molecule has 3 aromatic rings. The Labute approximate surface area is 140 Å². The van der Waals surface area contributed by atoms with Gasteiger partial charge in [-0.2, -0.15) is 5.10 Å². The smallest absolute Gasteiger partial charge is 0.328 e. The summed E-state index contributed by atoms with van der Waals surface area (Å²) in [7, 11) is 0. The van der Waals surface area contributed by atoms with Gasteiger partial charge in [-0.25, -0.2) is 4.79 Å². The number of benzene rings is 2. The van der Waals surface area contributed by atoms with Gasteiger partial charge < -0.3 is 5.11 Å². The molecule has 3 rings (SSSR count). The van der Waals surface area contributed by atoms with E-state index in [2.05, 4.69) is 35.3 Å². The van der Waals surface area contributed by atoms with Crippen molar-refractivity contribution in [3.63, 3.8) is 0 Å². The number of aromatic amines is 1. The van der Waals surface area contributed by atoms with Crippen molar-refractivity contribution in [1.82, 2.24) is 10.2 Å². The molecule has 120 valence electrons. The van der Waals surface area contributed by atoms with Gasteiger partial charge in [0.15, 0.2) is 0 Å². The van der Waals surface area contributed by atoms with E-state index in [0.717, 1.165) is 45.7 Å². The zero-order valence-corrected chi connectivity index (χ0v) is 13.4. The summed E-state index contributed by atoms with van der Waals surface area (Å²) in [6.45, 7) is 2.11. The van der Waals surface area contributed by atoms with Crippen LogP contribution in [-0.4, -0.2) is 21.3 Å². The summed E-state index contributed by atoms with van der Waals surface area (Å²) in [5.74, 6) is -0.945. The number of aliphatic carboxylic acids is 1. The van der Waals surface area contributed by atoms with Gasteiger partial charge in [0.2, 0.25) is 0 Å². The molecule has 0 saturated carbocycles. The molecule has 0 bridgehead atoms. The average molecular weight is 318 g/mol. The molecule has 4 nitrogen and oxygen atoms in total. The Morgan fingerprint density at radius 1 is 1.17 bits per heavy atom. The first kappa shape index (κ1) is 15.7. The number of H-pyrrole nitrogens is 1. The average Bonchev–Trinajstić information content (AvgIpc) is 3.06. The number of hydrogen-bond acceptors (Lipinski definition) is 2. The van der Waals surface area contributed by atoms with Crippen LogP contribution in [0.5, 0.6) is 0 Å². The number of carboxylic acids is 1. The van der Waals surface area contributed by atoms with Crippen LogP contribution < -0.4 is 0 Å². The number of carbonyl (C=O) groups is 1. The van der Waals surface area contributed by atoms with Crippen LogP contribution in [0.1, 0.15) is 30.0 Å². The summed E-state index contributed by atoms with van der Waals surface area (Å²) in [4.78, 5) is 10.6. The first-order valence-corrected chi connectivity index (χ1v) is 7.82. The predicted octanol–water partition coefficient (Wildman–Crippen LogP) is 4.50. The molecule has 0 aliphatic rings. The Kier molecular flexibility index (Phi) is 4.57. The quantitative estimate of drug-likeness (QED) is 0.681. The van der Waals surface area contributed by atoms with Gasteiger partial charge in [-0.15, -0.1) is 0 Å². The van der Waals surface area contributed by atoms with E-state index in [0.29, 0.717) is 0 Å². The topological polar surface area (TPSA) is 66.0 Å². The Morgan fingerprint density at radius 2 is 1.92 bits per heavy atom. The molecule has 0 fully saturated rings. The van der Waals surface area contributed by atoms with Crippen molar-refractivity contribution in [2.24, 2.45) is 0 Å². The molecule has 0 aliphatic carbocycles. The first-order chi connectivity index (χ1) is 11.7. The third-order valence-electron chi connectivity index (χ3n) is 3.80. The number of carboxylic acid groups (broad SMARTS) is 1. The zero-order chi connectivity index (χ0) is 16.9. The number of hydrogen-bond donors (Lipinski definition) is 2. The molecule has 0 spiro atoms. The van der Waals surface area contributed by atoms with Crippen LogP contribution in [0, 0.1) is 0 Å². The molecule has 0 saturated heterocycles. The maximum atomic E-state index is 10.6. The van der Waals surface area contributed by atoms with Gasteiger partial charge in [0.25, 0.3) is 0 Å². The minimum atomic E-state index is -0.945. The van der Waals surface area contributed by atoms with Crippen LogP contribution in [0.25, 0.3) is 22.6 Å². The van der Waals surface area contributed by atoms with E-state index in [1.54, 1.807) is 6.08 Å². The largest absolute Gasteiger partial charge is 0.478 e. The van der Waals surface area contributed by atoms with Crippen LogP contribution in [0.15, 0.2) is 60.8 Å². The van der Waals surface area contributed by atoms with Gasteiger partial charge in [-0.3, -0.25) is 5.10 Å². The summed E-state index contributed by atoms with van der Waals surface area (Å²) >= 11 is 0. The zero-order valence-electron chi connectivity index (χ0n) is 13.4. The van der Waals surface area contributed by atoms with Crippen LogP contribution in [0.3, 0.4) is 0 Å². The number of fused-ring (bicyclic) bond motifs is 1. The maximum Gasteiger partial charge on any atom is 0.328 e. The summed E-state index contributed by atoms with van der Waals surface area (Å²) in [6, 6.07) is 14.1. The van der Waals surface area contributed by atoms with Crippen molar-refractivity contribution in [2.45, 2.75) is 13.3 Å². The first-order valence-electron chi connectivity index (χ1n) is 7.82. The summed E-state index contributed by atoms with van der Waals surface area (Å²) in [5.41, 5.74) is 5.28. The highest BCUT2D eigenvalue weighted by atomic mass is 16.4. The van der Waals surface area contributed by atoms with Gasteiger partial charge in [0.1, 0.15) is 0 Å². The molecule has 0 amide bonds. The fourth-order valence-corrected chi connectivity index (χ4v) is 2.66. The fourth-order valence-electron chi connectivity index (χ4n) is 2.66. The van der Waals surface area contributed by atoms with Crippen molar-refractivity contribution >= 4 is 28.5 Å². The third kappa shape index (κ3) is 3.43. The van der Waals surface area contributed by atoms with Crippen molar-refractivity contribution < 1.29 is 9.90 Å². The summed E-state index contributed by atoms with van der Waals surface area (Å²) in [5, 5.41) is 16.8. The molecule has 1 aromatic heterocycles. The SMILES string of the molecule is CC/C=C(\c1ccc(/C=C/C(=O)O)cc1)c1ccc2[nH]ncc2c1. The second kappa shape index (κ2) is 6.96. The van der Waals surface area contributed by atoms with Gasteiger partial charge in [-0.05, 0) is 46.9 Å². The molecule has 0 atom stereocenters. The van der Waals surface area contributed by atoms with Crippen LogP contribution in [0.2, 0.25) is 0 Å². The number of nitrogens with one attached hydrogen (secondary N) is 1. The van der Waals surface area contributed by atoms with Crippen molar-refractivity contribution in [2.75, 3.05) is 0 Å². The van der Waals surface area contributed by atoms with Crippen LogP contribution >= 0.6 is 0 Å². The molecule has 0 radical (unpaired) electrons. The van der Waals surface area contributed by atoms with Crippen molar-refractivity contribution in [1.29, 1.82) is 0 Å². The van der Waals surface area contributed by atoms with Crippen molar-refractivity contribution in [3.05, 3.63) is 77.5 Å². The highest BCUT2D eigenvalue weighted by Gasteiger charge is 2.06.